The summed E-state index contributed by atoms with van der Waals surface area (Å²) in [7, 11) is 2.11. The van der Waals surface area contributed by atoms with E-state index in [1.807, 2.05) is 16.7 Å². The molecule has 20 heavy (non-hydrogen) atoms. The molecule has 3 heterocycles. The highest BCUT2D eigenvalue weighted by Gasteiger charge is 2.25. The Bertz CT molecular complexity index is 660. The SMILES string of the molecule is CN1CCC(c2nc(C(=O)O)c3ccc(Br)cn23)CC1. The maximum atomic E-state index is 11.4. The maximum Gasteiger partial charge on any atom is 0.356 e. The molecule has 2 aromatic heterocycles. The van der Waals surface area contributed by atoms with Crippen LogP contribution in [0.15, 0.2) is 22.8 Å². The molecule has 0 amide bonds. The minimum atomic E-state index is -0.969. The molecule has 0 atom stereocenters. The molecule has 0 aromatic carbocycles. The molecule has 3 rings (SSSR count). The van der Waals surface area contributed by atoms with Crippen molar-refractivity contribution < 1.29 is 9.90 Å². The Labute approximate surface area is 125 Å². The Hall–Kier alpha value is -1.40. The van der Waals surface area contributed by atoms with Crippen molar-refractivity contribution in [3.8, 4) is 0 Å². The van der Waals surface area contributed by atoms with E-state index in [-0.39, 0.29) is 5.69 Å². The average Bonchev–Trinajstić information content (AvgIpc) is 2.78. The summed E-state index contributed by atoms with van der Waals surface area (Å²) in [6, 6.07) is 3.65. The van der Waals surface area contributed by atoms with Gasteiger partial charge in [0, 0.05) is 16.6 Å². The van der Waals surface area contributed by atoms with Crippen LogP contribution in [-0.4, -0.2) is 45.5 Å². The highest BCUT2D eigenvalue weighted by molar-refractivity contribution is 9.10. The lowest BCUT2D eigenvalue weighted by molar-refractivity contribution is 0.0693. The molecule has 1 saturated heterocycles. The van der Waals surface area contributed by atoms with E-state index in [2.05, 4.69) is 32.9 Å². The number of aromatic carboxylic acids is 1. The molecule has 1 aliphatic heterocycles. The second kappa shape index (κ2) is 5.18. The molecular formula is C14H16BrN3O2. The lowest BCUT2D eigenvalue weighted by atomic mass is 9.96. The van der Waals surface area contributed by atoms with Crippen LogP contribution in [0.25, 0.3) is 5.52 Å². The summed E-state index contributed by atoms with van der Waals surface area (Å²) in [5.41, 5.74) is 0.807. The molecule has 106 valence electrons. The number of hydrogen-bond acceptors (Lipinski definition) is 3. The minimum absolute atomic E-state index is 0.145. The lowest BCUT2D eigenvalue weighted by Gasteiger charge is -2.28. The number of halogens is 1. The van der Waals surface area contributed by atoms with E-state index >= 15 is 0 Å². The second-order valence-electron chi connectivity index (χ2n) is 5.30. The van der Waals surface area contributed by atoms with Crippen molar-refractivity contribution in [1.29, 1.82) is 0 Å². The van der Waals surface area contributed by atoms with Crippen molar-refractivity contribution in [2.45, 2.75) is 18.8 Å². The smallest absolute Gasteiger partial charge is 0.356 e. The van der Waals surface area contributed by atoms with Gasteiger partial charge in [-0.25, -0.2) is 9.78 Å². The van der Waals surface area contributed by atoms with Crippen LogP contribution in [0.1, 0.15) is 35.1 Å². The van der Waals surface area contributed by atoms with E-state index in [1.54, 1.807) is 6.07 Å². The van der Waals surface area contributed by atoms with Gasteiger partial charge in [0.15, 0.2) is 5.69 Å². The standard InChI is InChI=1S/C14H16BrN3O2/c1-17-6-4-9(5-7-17)13-16-12(14(19)20)11-3-2-10(15)8-18(11)13/h2-3,8-9H,4-7H2,1H3,(H,19,20). The highest BCUT2D eigenvalue weighted by atomic mass is 79.9. The van der Waals surface area contributed by atoms with Crippen molar-refractivity contribution in [3.05, 3.63) is 34.3 Å². The van der Waals surface area contributed by atoms with Crippen molar-refractivity contribution in [2.75, 3.05) is 20.1 Å². The van der Waals surface area contributed by atoms with Crippen molar-refractivity contribution in [2.24, 2.45) is 0 Å². The van der Waals surface area contributed by atoms with E-state index in [0.29, 0.717) is 11.4 Å². The third-order valence-corrected chi connectivity index (χ3v) is 4.38. The second-order valence-corrected chi connectivity index (χ2v) is 6.22. The van der Waals surface area contributed by atoms with Crippen LogP contribution in [0.2, 0.25) is 0 Å². The van der Waals surface area contributed by atoms with Gasteiger partial charge in [0.1, 0.15) is 5.82 Å². The van der Waals surface area contributed by atoms with Crippen molar-refractivity contribution in [1.82, 2.24) is 14.3 Å². The molecule has 1 N–H and O–H groups in total. The van der Waals surface area contributed by atoms with E-state index in [4.69, 9.17) is 0 Å². The Morgan fingerprint density at radius 2 is 2.10 bits per heavy atom. The number of imidazole rings is 1. The predicted octanol–water partition coefficient (Wildman–Crippen LogP) is 2.60. The van der Waals surface area contributed by atoms with Crippen LogP contribution in [-0.2, 0) is 0 Å². The summed E-state index contributed by atoms with van der Waals surface area (Å²) in [5.74, 6) is 0.219. The molecule has 0 unspecified atom stereocenters. The quantitative estimate of drug-likeness (QED) is 0.915. The van der Waals surface area contributed by atoms with Crippen LogP contribution in [0.5, 0.6) is 0 Å². The zero-order valence-corrected chi connectivity index (χ0v) is 12.8. The number of fused-ring (bicyclic) bond motifs is 1. The van der Waals surface area contributed by atoms with Crippen molar-refractivity contribution >= 4 is 27.4 Å². The first kappa shape index (κ1) is 13.6. The molecular weight excluding hydrogens is 322 g/mol. The van der Waals surface area contributed by atoms with Gasteiger partial charge >= 0.3 is 5.97 Å². The van der Waals surface area contributed by atoms with Gasteiger partial charge in [-0.05, 0) is 61.0 Å². The molecule has 2 aromatic rings. The Kier molecular flexibility index (Phi) is 3.52. The first-order valence-corrected chi connectivity index (χ1v) is 7.45. The third kappa shape index (κ3) is 2.33. The number of hydrogen-bond donors (Lipinski definition) is 1. The zero-order chi connectivity index (χ0) is 14.3. The number of piperidine rings is 1. The van der Waals surface area contributed by atoms with Gasteiger partial charge < -0.3 is 14.4 Å². The van der Waals surface area contributed by atoms with Gasteiger partial charge in [-0.2, -0.15) is 0 Å². The fourth-order valence-corrected chi connectivity index (χ4v) is 3.13. The van der Waals surface area contributed by atoms with Crippen LogP contribution < -0.4 is 0 Å². The first-order valence-electron chi connectivity index (χ1n) is 6.65. The lowest BCUT2D eigenvalue weighted by Crippen LogP contribution is -2.30. The monoisotopic (exact) mass is 337 g/mol. The third-order valence-electron chi connectivity index (χ3n) is 3.91. The van der Waals surface area contributed by atoms with E-state index in [9.17, 15) is 9.90 Å². The number of aromatic nitrogens is 2. The number of pyridine rings is 1. The Morgan fingerprint density at radius 1 is 1.40 bits per heavy atom. The number of carboxylic acid groups (broad SMARTS) is 1. The molecule has 1 aliphatic rings. The van der Waals surface area contributed by atoms with Crippen LogP contribution >= 0.6 is 15.9 Å². The van der Waals surface area contributed by atoms with Crippen LogP contribution in [0.4, 0.5) is 0 Å². The van der Waals surface area contributed by atoms with Crippen LogP contribution in [0, 0.1) is 0 Å². The number of rotatable bonds is 2. The van der Waals surface area contributed by atoms with Crippen molar-refractivity contribution in [3.63, 3.8) is 0 Å². The fraction of sp³-hybridized carbons (Fsp3) is 0.429. The molecule has 5 nitrogen and oxygen atoms in total. The topological polar surface area (TPSA) is 57.8 Å². The number of nitrogens with zero attached hydrogens (tertiary/aromatic N) is 3. The molecule has 0 spiro atoms. The van der Waals surface area contributed by atoms with Gasteiger partial charge in [-0.1, -0.05) is 0 Å². The molecule has 1 fully saturated rings. The summed E-state index contributed by atoms with van der Waals surface area (Å²) in [6.07, 6.45) is 3.94. The summed E-state index contributed by atoms with van der Waals surface area (Å²) >= 11 is 3.44. The average molecular weight is 338 g/mol. The van der Waals surface area contributed by atoms with Gasteiger partial charge in [0.25, 0.3) is 0 Å². The number of carboxylic acids is 1. The first-order chi connectivity index (χ1) is 9.56. The van der Waals surface area contributed by atoms with Gasteiger partial charge in [-0.15, -0.1) is 0 Å². The van der Waals surface area contributed by atoms with Gasteiger partial charge in [0.2, 0.25) is 0 Å². The molecule has 0 radical (unpaired) electrons. The molecule has 0 bridgehead atoms. The number of carbonyl (C=O) groups is 1. The Morgan fingerprint density at radius 3 is 2.75 bits per heavy atom. The Balaban J connectivity index is 2.10. The minimum Gasteiger partial charge on any atom is -0.476 e. The van der Waals surface area contributed by atoms with Crippen LogP contribution in [0.3, 0.4) is 0 Å². The van der Waals surface area contributed by atoms with Gasteiger partial charge in [-0.3, -0.25) is 0 Å². The summed E-state index contributed by atoms with van der Waals surface area (Å²) in [6.45, 7) is 2.05. The van der Waals surface area contributed by atoms with E-state index in [1.165, 1.54) is 0 Å². The largest absolute Gasteiger partial charge is 0.476 e. The number of likely N-dealkylation sites (tertiary alicyclic amines) is 1. The molecule has 0 aliphatic carbocycles. The zero-order valence-electron chi connectivity index (χ0n) is 11.2. The summed E-state index contributed by atoms with van der Waals surface area (Å²) in [5, 5.41) is 9.31. The van der Waals surface area contributed by atoms with E-state index < -0.39 is 5.97 Å². The maximum absolute atomic E-state index is 11.4. The van der Waals surface area contributed by atoms with Gasteiger partial charge in [0.05, 0.1) is 5.52 Å². The summed E-state index contributed by atoms with van der Waals surface area (Å²) in [4.78, 5) is 18.0. The molecule has 0 saturated carbocycles. The fourth-order valence-electron chi connectivity index (χ4n) is 2.80. The van der Waals surface area contributed by atoms with E-state index in [0.717, 1.165) is 36.2 Å². The predicted molar refractivity (Wildman–Crippen MR) is 79.3 cm³/mol. The highest BCUT2D eigenvalue weighted by Crippen LogP contribution is 2.29. The summed E-state index contributed by atoms with van der Waals surface area (Å²) < 4.78 is 2.84. The molecule has 6 heteroatoms. The normalized spacial score (nSPS) is 17.7.